The molecule has 0 unspecified atom stereocenters. The fourth-order valence-corrected chi connectivity index (χ4v) is 7.74. The summed E-state index contributed by atoms with van der Waals surface area (Å²) in [5.74, 6) is 0. The highest BCUT2D eigenvalue weighted by Crippen LogP contribution is 2.39. The maximum Gasteiger partial charge on any atom is 0.198 e. The van der Waals surface area contributed by atoms with Crippen LogP contribution in [0.15, 0.2) is 0 Å². The molecule has 18 heavy (non-hydrogen) atoms. The van der Waals surface area contributed by atoms with Crippen LogP contribution in [0.4, 0.5) is 0 Å². The van der Waals surface area contributed by atoms with E-state index < -0.39 is 8.32 Å². The Morgan fingerprint density at radius 1 is 0.833 bits per heavy atom. The summed E-state index contributed by atoms with van der Waals surface area (Å²) in [7, 11) is -1.60. The van der Waals surface area contributed by atoms with Crippen molar-refractivity contribution in [2.75, 3.05) is 6.54 Å². The van der Waals surface area contributed by atoms with Crippen molar-refractivity contribution >= 4 is 8.32 Å². The van der Waals surface area contributed by atoms with Crippen LogP contribution in [-0.4, -0.2) is 21.0 Å². The molecule has 0 aromatic heterocycles. The van der Waals surface area contributed by atoms with Crippen molar-refractivity contribution in [1.82, 2.24) is 0 Å². The van der Waals surface area contributed by atoms with Gasteiger partial charge in [0.1, 0.15) is 0 Å². The van der Waals surface area contributed by atoms with Crippen LogP contribution in [0.25, 0.3) is 0 Å². The van der Waals surface area contributed by atoms with Crippen LogP contribution in [0.3, 0.4) is 0 Å². The van der Waals surface area contributed by atoms with Gasteiger partial charge in [0.25, 0.3) is 0 Å². The molecule has 2 N–H and O–H groups in total. The molecule has 0 radical (unpaired) electrons. The van der Waals surface area contributed by atoms with E-state index >= 15 is 0 Å². The Hall–Kier alpha value is 0.137. The molecule has 0 aromatic carbocycles. The number of nitrogens with two attached hydrogens (primary N) is 1. The van der Waals surface area contributed by atoms with E-state index in [1.54, 1.807) is 0 Å². The molecule has 2 nitrogen and oxygen atoms in total. The first-order chi connectivity index (χ1) is 8.36. The first kappa shape index (κ1) is 18.1. The van der Waals surface area contributed by atoms with Crippen LogP contribution in [-0.2, 0) is 4.43 Å². The van der Waals surface area contributed by atoms with E-state index in [0.29, 0.717) is 17.2 Å². The normalized spacial score (nSPS) is 13.0. The van der Waals surface area contributed by atoms with E-state index in [4.69, 9.17) is 10.2 Å². The van der Waals surface area contributed by atoms with Gasteiger partial charge in [-0.2, -0.15) is 0 Å². The predicted octanol–water partition coefficient (Wildman–Crippen LogP) is 4.70. The molecule has 0 aromatic rings. The topological polar surface area (TPSA) is 35.2 Å². The van der Waals surface area contributed by atoms with Crippen LogP contribution >= 0.6 is 0 Å². The lowest BCUT2D eigenvalue weighted by molar-refractivity contribution is 0.213. The van der Waals surface area contributed by atoms with E-state index in [0.717, 1.165) is 6.54 Å². The Morgan fingerprint density at radius 3 is 1.72 bits per heavy atom. The second kappa shape index (κ2) is 9.11. The van der Waals surface area contributed by atoms with Gasteiger partial charge in [0.15, 0.2) is 8.32 Å². The van der Waals surface area contributed by atoms with E-state index in [2.05, 4.69) is 41.5 Å². The van der Waals surface area contributed by atoms with Gasteiger partial charge in [0.2, 0.25) is 0 Å². The molecule has 0 saturated heterocycles. The summed E-state index contributed by atoms with van der Waals surface area (Å²) >= 11 is 0. The third kappa shape index (κ3) is 5.85. The highest BCUT2D eigenvalue weighted by Gasteiger charge is 2.41. The molecule has 0 saturated carbocycles. The second-order valence-corrected chi connectivity index (χ2v) is 11.3. The minimum Gasteiger partial charge on any atom is -0.414 e. The average Bonchev–Trinajstić information content (AvgIpc) is 2.25. The minimum absolute atomic E-state index is 0.366. The van der Waals surface area contributed by atoms with Crippen molar-refractivity contribution in [2.45, 2.75) is 90.5 Å². The molecule has 0 fully saturated rings. The van der Waals surface area contributed by atoms with Crippen LogP contribution in [0.2, 0.25) is 17.1 Å². The Bertz CT molecular complexity index is 197. The van der Waals surface area contributed by atoms with E-state index in [1.165, 1.54) is 31.7 Å². The van der Waals surface area contributed by atoms with E-state index in [-0.39, 0.29) is 0 Å². The Morgan fingerprint density at radius 2 is 1.33 bits per heavy atom. The van der Waals surface area contributed by atoms with Crippen molar-refractivity contribution in [3.63, 3.8) is 0 Å². The molecule has 0 heterocycles. The highest BCUT2D eigenvalue weighted by atomic mass is 28.4. The minimum atomic E-state index is -1.60. The molecule has 0 atom stereocenters. The monoisotopic (exact) mass is 273 g/mol. The van der Waals surface area contributed by atoms with Gasteiger partial charge in [-0.05, 0) is 43.9 Å². The fraction of sp³-hybridized carbons (Fsp3) is 1.00. The molecule has 0 aliphatic heterocycles. The van der Waals surface area contributed by atoms with Crippen molar-refractivity contribution < 1.29 is 4.43 Å². The average molecular weight is 274 g/mol. The van der Waals surface area contributed by atoms with E-state index in [1.807, 2.05) is 0 Å². The molecule has 0 bridgehead atoms. The molecule has 0 rings (SSSR count). The SMILES string of the molecule is CC(C)O[Si](CCCCCCN)(C(C)C)C(C)C. The van der Waals surface area contributed by atoms with Gasteiger partial charge in [0.05, 0.1) is 0 Å². The summed E-state index contributed by atoms with van der Waals surface area (Å²) in [4.78, 5) is 0. The van der Waals surface area contributed by atoms with Crippen molar-refractivity contribution in [2.24, 2.45) is 5.73 Å². The number of hydrogen-bond acceptors (Lipinski definition) is 2. The molecule has 3 heteroatoms. The number of unbranched alkanes of at least 4 members (excludes halogenated alkanes) is 3. The third-order valence-corrected chi connectivity index (χ3v) is 9.89. The molecule has 0 aliphatic carbocycles. The van der Waals surface area contributed by atoms with Gasteiger partial charge in [-0.3, -0.25) is 0 Å². The van der Waals surface area contributed by atoms with Crippen LogP contribution < -0.4 is 5.73 Å². The smallest absolute Gasteiger partial charge is 0.198 e. The molecule has 0 spiro atoms. The zero-order valence-electron chi connectivity index (χ0n) is 13.5. The standard InChI is InChI=1S/C15H35NOSi/c1-13(2)17-18(14(3)4,15(5)6)12-10-8-7-9-11-16/h13-15H,7-12,16H2,1-6H3. The summed E-state index contributed by atoms with van der Waals surface area (Å²) in [6.45, 7) is 14.6. The lowest BCUT2D eigenvalue weighted by Gasteiger charge is -2.40. The lowest BCUT2D eigenvalue weighted by atomic mass is 10.2. The molecule has 110 valence electrons. The zero-order valence-corrected chi connectivity index (χ0v) is 14.5. The van der Waals surface area contributed by atoms with Gasteiger partial charge in [-0.25, -0.2) is 0 Å². The largest absolute Gasteiger partial charge is 0.414 e. The fourth-order valence-electron chi connectivity index (χ4n) is 2.91. The van der Waals surface area contributed by atoms with Crippen molar-refractivity contribution in [1.29, 1.82) is 0 Å². The van der Waals surface area contributed by atoms with E-state index in [9.17, 15) is 0 Å². The van der Waals surface area contributed by atoms with Crippen LogP contribution in [0.1, 0.15) is 67.2 Å². The van der Waals surface area contributed by atoms with Gasteiger partial charge >= 0.3 is 0 Å². The lowest BCUT2D eigenvalue weighted by Crippen LogP contribution is -2.46. The number of hydrogen-bond donors (Lipinski definition) is 1. The van der Waals surface area contributed by atoms with Gasteiger partial charge in [-0.15, -0.1) is 0 Å². The van der Waals surface area contributed by atoms with Crippen molar-refractivity contribution in [3.8, 4) is 0 Å². The maximum absolute atomic E-state index is 6.48. The van der Waals surface area contributed by atoms with Gasteiger partial charge < -0.3 is 10.2 Å². The first-order valence-corrected chi connectivity index (χ1v) is 10.0. The Labute approximate surface area is 116 Å². The quantitative estimate of drug-likeness (QED) is 0.463. The number of rotatable bonds is 10. The maximum atomic E-state index is 6.48. The summed E-state index contributed by atoms with van der Waals surface area (Å²) < 4.78 is 6.48. The highest BCUT2D eigenvalue weighted by molar-refractivity contribution is 6.76. The summed E-state index contributed by atoms with van der Waals surface area (Å²) in [5, 5.41) is 0. The molecule has 0 aliphatic rings. The summed E-state index contributed by atoms with van der Waals surface area (Å²) in [6, 6.07) is 1.31. The zero-order chi connectivity index (χ0) is 14.2. The summed E-state index contributed by atoms with van der Waals surface area (Å²) in [6.07, 6.45) is 5.44. The molecular weight excluding hydrogens is 238 g/mol. The molecular formula is C15H35NOSi. The van der Waals surface area contributed by atoms with Gasteiger partial charge in [0, 0.05) is 6.10 Å². The predicted molar refractivity (Wildman–Crippen MR) is 84.5 cm³/mol. The second-order valence-electron chi connectivity index (χ2n) is 6.38. The van der Waals surface area contributed by atoms with Crippen LogP contribution in [0.5, 0.6) is 0 Å². The molecule has 0 amide bonds. The third-order valence-electron chi connectivity index (χ3n) is 3.93. The summed E-state index contributed by atoms with van der Waals surface area (Å²) in [5.41, 5.74) is 6.95. The Kier molecular flexibility index (Phi) is 9.18. The van der Waals surface area contributed by atoms with Crippen molar-refractivity contribution in [3.05, 3.63) is 0 Å². The van der Waals surface area contributed by atoms with Gasteiger partial charge in [-0.1, -0.05) is 47.0 Å². The Balaban J connectivity index is 4.44. The first-order valence-electron chi connectivity index (χ1n) is 7.74. The van der Waals surface area contributed by atoms with Crippen LogP contribution in [0, 0.1) is 0 Å².